The van der Waals surface area contributed by atoms with E-state index >= 15 is 0 Å². The Labute approximate surface area is 139 Å². The monoisotopic (exact) mass is 301 g/mol. The van der Waals surface area contributed by atoms with Gasteiger partial charge in [-0.1, -0.05) is 67.6 Å². The van der Waals surface area contributed by atoms with Crippen LogP contribution in [0.15, 0.2) is 85.2 Å². The predicted octanol–water partition coefficient (Wildman–Crippen LogP) is 5.60. The van der Waals surface area contributed by atoms with Gasteiger partial charge in [0.15, 0.2) is 0 Å². The zero-order valence-electron chi connectivity index (χ0n) is 13.6. The molecule has 0 aliphatic heterocycles. The fourth-order valence-corrected chi connectivity index (χ4v) is 3.27. The molecule has 1 nitrogen and oxygen atoms in total. The van der Waals surface area contributed by atoms with Gasteiger partial charge in [0.25, 0.3) is 0 Å². The molecule has 0 saturated heterocycles. The van der Waals surface area contributed by atoms with E-state index in [0.717, 1.165) is 12.8 Å². The highest BCUT2D eigenvalue weighted by Crippen LogP contribution is 2.36. The maximum absolute atomic E-state index is 4.18. The first-order valence-corrected chi connectivity index (χ1v) is 8.33. The van der Waals surface area contributed by atoms with Crippen molar-refractivity contribution in [1.29, 1.82) is 0 Å². The van der Waals surface area contributed by atoms with Crippen molar-refractivity contribution < 1.29 is 0 Å². The number of nitrogens with zero attached hydrogens (tertiary/aromatic N) is 1. The minimum Gasteiger partial charge on any atom is -0.265 e. The first-order valence-electron chi connectivity index (χ1n) is 8.33. The third-order valence-corrected chi connectivity index (χ3v) is 4.65. The van der Waals surface area contributed by atoms with Crippen LogP contribution in [0.2, 0.25) is 0 Å². The van der Waals surface area contributed by atoms with Crippen molar-refractivity contribution in [3.05, 3.63) is 102 Å². The second kappa shape index (κ2) is 7.73. The van der Waals surface area contributed by atoms with Crippen LogP contribution < -0.4 is 0 Å². The van der Waals surface area contributed by atoms with Gasteiger partial charge < -0.3 is 0 Å². The van der Waals surface area contributed by atoms with Gasteiger partial charge in [-0.2, -0.15) is 0 Å². The van der Waals surface area contributed by atoms with E-state index < -0.39 is 0 Å². The van der Waals surface area contributed by atoms with Crippen molar-refractivity contribution in [2.75, 3.05) is 0 Å². The van der Waals surface area contributed by atoms with Crippen LogP contribution in [-0.4, -0.2) is 4.98 Å². The second-order valence-electron chi connectivity index (χ2n) is 6.11. The van der Waals surface area contributed by atoms with Crippen LogP contribution in [0.1, 0.15) is 41.9 Å². The van der Waals surface area contributed by atoms with E-state index in [4.69, 9.17) is 0 Å². The Morgan fingerprint density at radius 3 is 2.00 bits per heavy atom. The van der Waals surface area contributed by atoms with E-state index in [9.17, 15) is 0 Å². The molecule has 2 aromatic carbocycles. The average molecular weight is 301 g/mol. The summed E-state index contributed by atoms with van der Waals surface area (Å²) in [4.78, 5) is 4.18. The van der Waals surface area contributed by atoms with Crippen molar-refractivity contribution in [3.8, 4) is 0 Å². The molecule has 0 unspecified atom stereocenters. The summed E-state index contributed by atoms with van der Waals surface area (Å²) in [6.07, 6.45) is 6.06. The van der Waals surface area contributed by atoms with E-state index in [0.29, 0.717) is 11.8 Å². The molecule has 0 bridgehead atoms. The quantitative estimate of drug-likeness (QED) is 0.577. The fourth-order valence-electron chi connectivity index (χ4n) is 3.27. The van der Waals surface area contributed by atoms with Crippen LogP contribution in [0.4, 0.5) is 0 Å². The molecule has 2 atom stereocenters. The Morgan fingerprint density at radius 2 is 1.35 bits per heavy atom. The lowest BCUT2D eigenvalue weighted by Gasteiger charge is -2.25. The van der Waals surface area contributed by atoms with E-state index in [1.807, 2.05) is 12.4 Å². The summed E-state index contributed by atoms with van der Waals surface area (Å²) in [5, 5.41) is 0. The summed E-state index contributed by atoms with van der Waals surface area (Å²) < 4.78 is 0. The molecule has 23 heavy (non-hydrogen) atoms. The van der Waals surface area contributed by atoms with E-state index in [2.05, 4.69) is 84.7 Å². The lowest BCUT2D eigenvalue weighted by Crippen LogP contribution is -2.10. The number of pyridine rings is 1. The summed E-state index contributed by atoms with van der Waals surface area (Å²) in [5.41, 5.74) is 4.20. The van der Waals surface area contributed by atoms with E-state index in [1.165, 1.54) is 16.7 Å². The Balaban J connectivity index is 1.82. The number of aromatic nitrogens is 1. The van der Waals surface area contributed by atoms with Crippen LogP contribution in [0, 0.1) is 0 Å². The smallest absolute Gasteiger partial charge is 0.0270 e. The zero-order chi connectivity index (χ0) is 15.9. The molecule has 0 saturated carbocycles. The minimum absolute atomic E-state index is 0.488. The van der Waals surface area contributed by atoms with Crippen molar-refractivity contribution >= 4 is 0 Å². The third kappa shape index (κ3) is 4.07. The van der Waals surface area contributed by atoms with Gasteiger partial charge in [0.1, 0.15) is 0 Å². The number of benzene rings is 2. The van der Waals surface area contributed by atoms with Gasteiger partial charge in [-0.05, 0) is 53.5 Å². The number of aryl methyl sites for hydroxylation is 1. The van der Waals surface area contributed by atoms with Crippen LogP contribution in [0.3, 0.4) is 0 Å². The Hall–Kier alpha value is -2.41. The fraction of sp³-hybridized carbons (Fsp3) is 0.227. The van der Waals surface area contributed by atoms with Gasteiger partial charge in [-0.15, -0.1) is 0 Å². The Morgan fingerprint density at radius 1 is 0.739 bits per heavy atom. The van der Waals surface area contributed by atoms with Crippen LogP contribution in [0.5, 0.6) is 0 Å². The van der Waals surface area contributed by atoms with Crippen LogP contribution in [-0.2, 0) is 6.42 Å². The van der Waals surface area contributed by atoms with Crippen molar-refractivity contribution in [2.45, 2.75) is 31.6 Å². The Kier molecular flexibility index (Phi) is 5.21. The first-order chi connectivity index (χ1) is 11.3. The van der Waals surface area contributed by atoms with Gasteiger partial charge in [0.2, 0.25) is 0 Å². The maximum Gasteiger partial charge on any atom is 0.0270 e. The Bertz CT molecular complexity index is 692. The molecule has 1 heteroatoms. The second-order valence-corrected chi connectivity index (χ2v) is 6.11. The molecule has 3 aromatic rings. The van der Waals surface area contributed by atoms with Gasteiger partial charge in [0, 0.05) is 12.4 Å². The molecule has 0 radical (unpaired) electrons. The molecule has 0 aliphatic rings. The average Bonchev–Trinajstić information content (AvgIpc) is 2.64. The highest BCUT2D eigenvalue weighted by atomic mass is 14.6. The normalized spacial score (nSPS) is 13.4. The molecule has 0 fully saturated rings. The largest absolute Gasteiger partial charge is 0.265 e. The maximum atomic E-state index is 4.18. The molecule has 116 valence electrons. The SMILES string of the molecule is C[C@H](c1ccccc1)[C@H](CCc1ccccc1)c1ccncc1. The van der Waals surface area contributed by atoms with Crippen LogP contribution in [0.25, 0.3) is 0 Å². The van der Waals surface area contributed by atoms with Gasteiger partial charge in [-0.25, -0.2) is 0 Å². The summed E-state index contributed by atoms with van der Waals surface area (Å²) in [5.74, 6) is 0.989. The zero-order valence-corrected chi connectivity index (χ0v) is 13.6. The first kappa shape index (κ1) is 15.5. The molecule has 0 aliphatic carbocycles. The van der Waals surface area contributed by atoms with Crippen molar-refractivity contribution in [3.63, 3.8) is 0 Å². The van der Waals surface area contributed by atoms with E-state index in [-0.39, 0.29) is 0 Å². The summed E-state index contributed by atoms with van der Waals surface area (Å²) in [6, 6.07) is 25.9. The highest BCUT2D eigenvalue weighted by molar-refractivity contribution is 5.27. The van der Waals surface area contributed by atoms with Gasteiger partial charge in [-0.3, -0.25) is 4.98 Å². The van der Waals surface area contributed by atoms with Crippen molar-refractivity contribution in [1.82, 2.24) is 4.98 Å². The van der Waals surface area contributed by atoms with Gasteiger partial charge in [0.05, 0.1) is 0 Å². The highest BCUT2D eigenvalue weighted by Gasteiger charge is 2.20. The lowest BCUT2D eigenvalue weighted by atomic mass is 9.79. The lowest BCUT2D eigenvalue weighted by molar-refractivity contribution is 0.535. The predicted molar refractivity (Wildman–Crippen MR) is 96.6 cm³/mol. The number of rotatable bonds is 6. The molecule has 0 N–H and O–H groups in total. The van der Waals surface area contributed by atoms with Gasteiger partial charge >= 0.3 is 0 Å². The summed E-state index contributed by atoms with van der Waals surface area (Å²) in [6.45, 7) is 2.34. The molecular weight excluding hydrogens is 278 g/mol. The summed E-state index contributed by atoms with van der Waals surface area (Å²) >= 11 is 0. The summed E-state index contributed by atoms with van der Waals surface area (Å²) in [7, 11) is 0. The number of hydrogen-bond donors (Lipinski definition) is 0. The molecule has 1 heterocycles. The molecule has 1 aromatic heterocycles. The third-order valence-electron chi connectivity index (χ3n) is 4.65. The van der Waals surface area contributed by atoms with Crippen LogP contribution >= 0.6 is 0 Å². The minimum atomic E-state index is 0.488. The molecular formula is C22H23N. The molecule has 0 spiro atoms. The standard InChI is InChI=1S/C22H23N/c1-18(20-10-6-3-7-11-20)22(21-14-16-23-17-15-21)13-12-19-8-4-2-5-9-19/h2-11,14-18,22H,12-13H2,1H3/t18-,22+/m1/s1. The number of hydrogen-bond acceptors (Lipinski definition) is 1. The molecule has 3 rings (SSSR count). The van der Waals surface area contributed by atoms with E-state index in [1.54, 1.807) is 0 Å². The topological polar surface area (TPSA) is 12.9 Å². The molecule has 0 amide bonds. The van der Waals surface area contributed by atoms with Crippen molar-refractivity contribution in [2.24, 2.45) is 0 Å².